The van der Waals surface area contributed by atoms with Gasteiger partial charge in [0.1, 0.15) is 34.4 Å². The van der Waals surface area contributed by atoms with Gasteiger partial charge in [-0.1, -0.05) is 26.8 Å². The molecule has 1 unspecified atom stereocenters. The molecule has 4 aromatic rings. The van der Waals surface area contributed by atoms with E-state index in [-0.39, 0.29) is 34.1 Å². The Morgan fingerprint density at radius 3 is 2.74 bits per heavy atom. The quantitative estimate of drug-likeness (QED) is 0.332. The first-order chi connectivity index (χ1) is 18.3. The van der Waals surface area contributed by atoms with E-state index in [1.165, 1.54) is 12.1 Å². The lowest BCUT2D eigenvalue weighted by Gasteiger charge is -2.40. The van der Waals surface area contributed by atoms with E-state index in [0.717, 1.165) is 45.6 Å². The molecule has 1 atom stereocenters. The molecule has 2 saturated heterocycles. The van der Waals surface area contributed by atoms with Crippen molar-refractivity contribution >= 4 is 27.5 Å². The fraction of sp³-hybridized carbons (Fsp3) is 0.433. The zero-order valence-corrected chi connectivity index (χ0v) is 22.0. The van der Waals surface area contributed by atoms with E-state index >= 15 is 4.39 Å². The van der Waals surface area contributed by atoms with Gasteiger partial charge < -0.3 is 14.7 Å². The number of hydrogen-bond donors (Lipinski definition) is 1. The topological polar surface area (TPSA) is 71.4 Å². The molecule has 2 aliphatic heterocycles. The van der Waals surface area contributed by atoms with Crippen molar-refractivity contribution in [2.75, 3.05) is 31.2 Å². The Kier molecular flexibility index (Phi) is 6.17. The van der Waals surface area contributed by atoms with Gasteiger partial charge in [0.05, 0.1) is 12.0 Å². The molecular formula is C30H32F2N4O2. The second-order valence-electron chi connectivity index (χ2n) is 11.0. The summed E-state index contributed by atoms with van der Waals surface area (Å²) in [6.07, 6.45) is 5.18. The second-order valence-corrected chi connectivity index (χ2v) is 11.0. The van der Waals surface area contributed by atoms with Crippen molar-refractivity contribution < 1.29 is 18.6 Å². The van der Waals surface area contributed by atoms with Gasteiger partial charge in [-0.05, 0) is 60.2 Å². The SMILES string of the molecule is CCc1c(F)ccc2cc(O)cc(-c3ncc4c(N5CCCC6(CCOC6)C5)nc(C(C)C)nc4c3F)c12. The predicted molar refractivity (Wildman–Crippen MR) is 145 cm³/mol. The highest BCUT2D eigenvalue weighted by molar-refractivity contribution is 6.01. The molecule has 4 heterocycles. The van der Waals surface area contributed by atoms with Crippen LogP contribution < -0.4 is 4.90 Å². The van der Waals surface area contributed by atoms with Gasteiger partial charge in [-0.15, -0.1) is 0 Å². The number of anilines is 1. The number of phenolic OH excluding ortho intramolecular Hbond substituents is 1. The molecule has 2 aromatic heterocycles. The lowest BCUT2D eigenvalue weighted by atomic mass is 9.79. The van der Waals surface area contributed by atoms with Crippen molar-refractivity contribution in [2.45, 2.75) is 52.4 Å². The van der Waals surface area contributed by atoms with Crippen LogP contribution in [0.1, 0.15) is 57.3 Å². The minimum absolute atomic E-state index is 0.00915. The van der Waals surface area contributed by atoms with Crippen LogP contribution in [0.4, 0.5) is 14.6 Å². The van der Waals surface area contributed by atoms with Crippen molar-refractivity contribution in [2.24, 2.45) is 5.41 Å². The van der Waals surface area contributed by atoms with E-state index < -0.39 is 5.82 Å². The van der Waals surface area contributed by atoms with Gasteiger partial charge in [-0.3, -0.25) is 4.98 Å². The second kappa shape index (κ2) is 9.42. The minimum Gasteiger partial charge on any atom is -0.508 e. The summed E-state index contributed by atoms with van der Waals surface area (Å²) in [5, 5.41) is 12.2. The zero-order valence-electron chi connectivity index (χ0n) is 22.0. The maximum Gasteiger partial charge on any atom is 0.175 e. The fourth-order valence-corrected chi connectivity index (χ4v) is 6.14. The van der Waals surface area contributed by atoms with Gasteiger partial charge in [0.2, 0.25) is 0 Å². The first-order valence-corrected chi connectivity index (χ1v) is 13.4. The molecule has 6 nitrogen and oxygen atoms in total. The van der Waals surface area contributed by atoms with Gasteiger partial charge in [-0.25, -0.2) is 18.7 Å². The predicted octanol–water partition coefficient (Wildman–Crippen LogP) is 6.52. The third kappa shape index (κ3) is 4.06. The highest BCUT2D eigenvalue weighted by atomic mass is 19.1. The minimum atomic E-state index is -0.595. The Labute approximate surface area is 220 Å². The molecule has 0 radical (unpaired) electrons. The maximum absolute atomic E-state index is 16.5. The Morgan fingerprint density at radius 2 is 2.00 bits per heavy atom. The van der Waals surface area contributed by atoms with Crippen LogP contribution in [0, 0.1) is 17.0 Å². The third-order valence-electron chi connectivity index (χ3n) is 8.11. The van der Waals surface area contributed by atoms with Gasteiger partial charge in [-0.2, -0.15) is 0 Å². The number of phenols is 1. The molecular weight excluding hydrogens is 486 g/mol. The number of hydrogen-bond acceptors (Lipinski definition) is 6. The van der Waals surface area contributed by atoms with E-state index in [9.17, 15) is 9.50 Å². The molecule has 2 fully saturated rings. The number of rotatable bonds is 4. The normalized spacial score (nSPS) is 19.9. The highest BCUT2D eigenvalue weighted by Crippen LogP contribution is 2.42. The summed E-state index contributed by atoms with van der Waals surface area (Å²) in [7, 11) is 0. The van der Waals surface area contributed by atoms with Crippen LogP contribution in [0.25, 0.3) is 32.9 Å². The van der Waals surface area contributed by atoms with E-state index in [0.29, 0.717) is 45.3 Å². The number of halogens is 2. The number of aromatic nitrogens is 3. The standard InChI is InChI=1S/C30H32F2N4O2/c1-4-20-23(31)7-6-18-12-19(37)13-21(24(18)20)26-25(32)27-22(14-33-26)29(35-28(34-27)17(2)3)36-10-5-8-30(15-36)9-11-38-16-30/h6-7,12-14,17,37H,4-5,8-11,15-16H2,1-3H3. The third-order valence-corrected chi connectivity index (χ3v) is 8.11. The van der Waals surface area contributed by atoms with Gasteiger partial charge >= 0.3 is 0 Å². The van der Waals surface area contributed by atoms with Crippen molar-refractivity contribution in [1.29, 1.82) is 0 Å². The summed E-state index contributed by atoms with van der Waals surface area (Å²) in [5.41, 5.74) is 1.14. The van der Waals surface area contributed by atoms with E-state index in [4.69, 9.17) is 9.72 Å². The van der Waals surface area contributed by atoms with Crippen molar-refractivity contribution in [1.82, 2.24) is 15.0 Å². The molecule has 2 aliphatic rings. The number of aromatic hydroxyl groups is 1. The zero-order chi connectivity index (χ0) is 26.6. The van der Waals surface area contributed by atoms with E-state index in [1.807, 2.05) is 20.8 Å². The van der Waals surface area contributed by atoms with Crippen LogP contribution >= 0.6 is 0 Å². The molecule has 1 N–H and O–H groups in total. The molecule has 0 amide bonds. The molecule has 0 saturated carbocycles. The van der Waals surface area contributed by atoms with Crippen LogP contribution in [-0.2, 0) is 11.2 Å². The van der Waals surface area contributed by atoms with Crippen LogP contribution in [0.2, 0.25) is 0 Å². The first kappa shape index (κ1) is 24.9. The summed E-state index contributed by atoms with van der Waals surface area (Å²) < 4.78 is 37.0. The molecule has 0 aliphatic carbocycles. The van der Waals surface area contributed by atoms with Crippen molar-refractivity contribution in [3.05, 3.63) is 53.5 Å². The average Bonchev–Trinajstić information content (AvgIpc) is 3.35. The van der Waals surface area contributed by atoms with Crippen LogP contribution in [-0.4, -0.2) is 46.4 Å². The Hall–Kier alpha value is -3.39. The van der Waals surface area contributed by atoms with E-state index in [2.05, 4.69) is 14.9 Å². The molecule has 198 valence electrons. The smallest absolute Gasteiger partial charge is 0.175 e. The summed E-state index contributed by atoms with van der Waals surface area (Å²) in [4.78, 5) is 16.3. The van der Waals surface area contributed by atoms with Crippen LogP contribution in [0.5, 0.6) is 5.75 Å². The average molecular weight is 519 g/mol. The van der Waals surface area contributed by atoms with Crippen molar-refractivity contribution in [3.8, 4) is 17.0 Å². The maximum atomic E-state index is 16.5. The number of pyridine rings is 1. The summed E-state index contributed by atoms with van der Waals surface area (Å²) in [5.74, 6) is 0.253. The first-order valence-electron chi connectivity index (χ1n) is 13.4. The number of piperidine rings is 1. The number of ether oxygens (including phenoxy) is 1. The largest absolute Gasteiger partial charge is 0.508 e. The van der Waals surface area contributed by atoms with Gasteiger partial charge in [0.15, 0.2) is 5.82 Å². The molecule has 2 aromatic carbocycles. The fourth-order valence-electron chi connectivity index (χ4n) is 6.14. The molecule has 8 heteroatoms. The van der Waals surface area contributed by atoms with Crippen LogP contribution in [0.3, 0.4) is 0 Å². The molecule has 38 heavy (non-hydrogen) atoms. The number of aryl methyl sites for hydroxylation is 1. The molecule has 1 spiro atoms. The monoisotopic (exact) mass is 518 g/mol. The summed E-state index contributed by atoms with van der Waals surface area (Å²) in [6, 6.07) is 6.00. The summed E-state index contributed by atoms with van der Waals surface area (Å²) >= 11 is 0. The number of nitrogens with zero attached hydrogens (tertiary/aromatic N) is 4. The van der Waals surface area contributed by atoms with Gasteiger partial charge in [0.25, 0.3) is 0 Å². The van der Waals surface area contributed by atoms with Crippen molar-refractivity contribution in [3.63, 3.8) is 0 Å². The molecule has 6 rings (SSSR count). The highest BCUT2D eigenvalue weighted by Gasteiger charge is 2.40. The Bertz CT molecular complexity index is 1550. The van der Waals surface area contributed by atoms with E-state index in [1.54, 1.807) is 18.3 Å². The van der Waals surface area contributed by atoms with Crippen LogP contribution in [0.15, 0.2) is 30.5 Å². The lowest BCUT2D eigenvalue weighted by molar-refractivity contribution is 0.139. The number of fused-ring (bicyclic) bond motifs is 2. The summed E-state index contributed by atoms with van der Waals surface area (Å²) in [6.45, 7) is 8.98. The lowest BCUT2D eigenvalue weighted by Crippen LogP contribution is -2.44. The Balaban J connectivity index is 1.57. The number of benzene rings is 2. The van der Waals surface area contributed by atoms with Gasteiger partial charge in [0, 0.05) is 42.8 Å². The Morgan fingerprint density at radius 1 is 1.16 bits per heavy atom. The molecule has 0 bridgehead atoms.